The molecule has 2 aromatic carbocycles. The predicted molar refractivity (Wildman–Crippen MR) is 81.7 cm³/mol. The maximum Gasteiger partial charge on any atom is 0.332 e. The molecule has 0 aliphatic carbocycles. The average molecular weight is 294 g/mol. The molecule has 2 aromatic rings. The molecule has 0 spiro atoms. The van der Waals surface area contributed by atoms with Crippen LogP contribution in [0.25, 0.3) is 0 Å². The number of rotatable bonds is 4. The van der Waals surface area contributed by atoms with Gasteiger partial charge in [0.15, 0.2) is 5.78 Å². The van der Waals surface area contributed by atoms with Crippen molar-refractivity contribution in [3.05, 3.63) is 66.2 Å². The molecule has 1 fully saturated rings. The minimum absolute atomic E-state index is 0.0368. The van der Waals surface area contributed by atoms with Gasteiger partial charge in [-0.3, -0.25) is 19.4 Å². The third-order valence-electron chi connectivity index (χ3n) is 3.52. The molecule has 1 heterocycles. The standard InChI is InChI=1S/C17H14N2O3/c20-15(13-7-3-1-4-8-13)11-19-16(21)12-18(17(19)22)14-9-5-2-6-10-14/h1-10H,11-12H2. The van der Waals surface area contributed by atoms with E-state index in [1.165, 1.54) is 4.90 Å². The van der Waals surface area contributed by atoms with Crippen LogP contribution in [-0.2, 0) is 4.79 Å². The number of nitrogens with zero attached hydrogens (tertiary/aromatic N) is 2. The highest BCUT2D eigenvalue weighted by molar-refractivity contribution is 6.15. The number of hydrogen-bond acceptors (Lipinski definition) is 3. The highest BCUT2D eigenvalue weighted by atomic mass is 16.2. The maximum absolute atomic E-state index is 12.4. The van der Waals surface area contributed by atoms with Crippen LogP contribution in [0.5, 0.6) is 0 Å². The van der Waals surface area contributed by atoms with Crippen molar-refractivity contribution >= 4 is 23.4 Å². The third kappa shape index (κ3) is 2.61. The number of anilines is 1. The number of ketones is 1. The first-order valence-corrected chi connectivity index (χ1v) is 6.92. The van der Waals surface area contributed by atoms with Gasteiger partial charge in [0, 0.05) is 11.3 Å². The van der Waals surface area contributed by atoms with Gasteiger partial charge in [0.05, 0.1) is 6.54 Å². The van der Waals surface area contributed by atoms with Crippen LogP contribution in [-0.4, -0.2) is 35.7 Å². The number of amides is 3. The molecule has 3 rings (SSSR count). The highest BCUT2D eigenvalue weighted by Crippen LogP contribution is 2.20. The smallest absolute Gasteiger partial charge is 0.292 e. The summed E-state index contributed by atoms with van der Waals surface area (Å²) in [6.45, 7) is -0.268. The van der Waals surface area contributed by atoms with Crippen LogP contribution in [0.15, 0.2) is 60.7 Å². The molecule has 110 valence electrons. The molecule has 1 aliphatic rings. The molecule has 22 heavy (non-hydrogen) atoms. The third-order valence-corrected chi connectivity index (χ3v) is 3.52. The number of carbonyl (C=O) groups excluding carboxylic acids is 3. The van der Waals surface area contributed by atoms with Crippen LogP contribution in [0, 0.1) is 0 Å². The van der Waals surface area contributed by atoms with Crippen molar-refractivity contribution in [3.63, 3.8) is 0 Å². The molecule has 0 aromatic heterocycles. The van der Waals surface area contributed by atoms with E-state index in [-0.39, 0.29) is 24.8 Å². The van der Waals surface area contributed by atoms with Gasteiger partial charge in [-0.2, -0.15) is 0 Å². The zero-order valence-corrected chi connectivity index (χ0v) is 11.8. The molecule has 0 atom stereocenters. The zero-order valence-electron chi connectivity index (χ0n) is 11.8. The van der Waals surface area contributed by atoms with Crippen LogP contribution >= 0.6 is 0 Å². The first-order valence-electron chi connectivity index (χ1n) is 6.92. The quantitative estimate of drug-likeness (QED) is 0.642. The Morgan fingerprint density at radius 1 is 0.909 bits per heavy atom. The predicted octanol–water partition coefficient (Wildman–Crippen LogP) is 2.34. The van der Waals surface area contributed by atoms with Crippen molar-refractivity contribution in [2.75, 3.05) is 18.0 Å². The molecule has 5 nitrogen and oxygen atoms in total. The Morgan fingerprint density at radius 3 is 2.14 bits per heavy atom. The Morgan fingerprint density at radius 2 is 1.50 bits per heavy atom. The number of imide groups is 1. The first kappa shape index (κ1) is 14.0. The van der Waals surface area contributed by atoms with Crippen LogP contribution in [0.3, 0.4) is 0 Å². The van der Waals surface area contributed by atoms with Crippen molar-refractivity contribution in [2.24, 2.45) is 0 Å². The van der Waals surface area contributed by atoms with Crippen LogP contribution in [0.2, 0.25) is 0 Å². The van der Waals surface area contributed by atoms with Gasteiger partial charge in [-0.1, -0.05) is 48.5 Å². The summed E-state index contributed by atoms with van der Waals surface area (Å²) in [7, 11) is 0. The zero-order chi connectivity index (χ0) is 15.5. The Hall–Kier alpha value is -2.95. The summed E-state index contributed by atoms with van der Waals surface area (Å²) in [5, 5.41) is 0. The second-order valence-corrected chi connectivity index (χ2v) is 4.97. The van der Waals surface area contributed by atoms with Crippen molar-refractivity contribution < 1.29 is 14.4 Å². The average Bonchev–Trinajstić information content (AvgIpc) is 2.84. The number of urea groups is 1. The molecule has 3 amide bonds. The number of carbonyl (C=O) groups is 3. The molecule has 1 saturated heterocycles. The lowest BCUT2D eigenvalue weighted by Gasteiger charge is -2.16. The van der Waals surface area contributed by atoms with Crippen molar-refractivity contribution in [1.29, 1.82) is 0 Å². The lowest BCUT2D eigenvalue weighted by molar-refractivity contribution is -0.124. The lowest BCUT2D eigenvalue weighted by Crippen LogP contribution is -2.37. The molecule has 0 unspecified atom stereocenters. The van der Waals surface area contributed by atoms with Crippen molar-refractivity contribution in [1.82, 2.24) is 4.90 Å². The fourth-order valence-electron chi connectivity index (χ4n) is 2.37. The van der Waals surface area contributed by atoms with Gasteiger partial charge in [-0.15, -0.1) is 0 Å². The minimum atomic E-state index is -0.458. The van der Waals surface area contributed by atoms with E-state index in [9.17, 15) is 14.4 Å². The van der Waals surface area contributed by atoms with Gasteiger partial charge in [0.2, 0.25) is 0 Å². The molecular weight excluding hydrogens is 280 g/mol. The number of Topliss-reactive ketones (excluding diaryl/α,β-unsaturated/α-hetero) is 1. The normalized spacial score (nSPS) is 14.5. The monoisotopic (exact) mass is 294 g/mol. The fourth-order valence-corrected chi connectivity index (χ4v) is 2.37. The Kier molecular flexibility index (Phi) is 3.70. The largest absolute Gasteiger partial charge is 0.332 e. The van der Waals surface area contributed by atoms with Crippen molar-refractivity contribution in [3.8, 4) is 0 Å². The van der Waals surface area contributed by atoms with E-state index >= 15 is 0 Å². The van der Waals surface area contributed by atoms with Gasteiger partial charge in [-0.25, -0.2) is 4.79 Å². The van der Waals surface area contributed by atoms with E-state index in [1.54, 1.807) is 54.6 Å². The van der Waals surface area contributed by atoms with Gasteiger partial charge >= 0.3 is 6.03 Å². The molecule has 0 saturated carbocycles. The Balaban J connectivity index is 1.77. The van der Waals surface area contributed by atoms with E-state index in [1.807, 2.05) is 6.07 Å². The summed E-state index contributed by atoms with van der Waals surface area (Å²) in [6, 6.07) is 17.1. The molecule has 0 radical (unpaired) electrons. The van der Waals surface area contributed by atoms with E-state index in [4.69, 9.17) is 0 Å². The van der Waals surface area contributed by atoms with Crippen molar-refractivity contribution in [2.45, 2.75) is 0 Å². The van der Waals surface area contributed by atoms with Gasteiger partial charge in [0.25, 0.3) is 5.91 Å². The van der Waals surface area contributed by atoms with E-state index in [2.05, 4.69) is 0 Å². The fraction of sp³-hybridized carbons (Fsp3) is 0.118. The van der Waals surface area contributed by atoms with E-state index in [0.29, 0.717) is 11.3 Å². The Bertz CT molecular complexity index is 713. The van der Waals surface area contributed by atoms with Gasteiger partial charge < -0.3 is 0 Å². The summed E-state index contributed by atoms with van der Waals surface area (Å²) in [6.07, 6.45) is 0. The summed E-state index contributed by atoms with van der Waals surface area (Å²) in [5.41, 5.74) is 1.14. The molecule has 0 N–H and O–H groups in total. The number of para-hydroxylation sites is 1. The summed E-state index contributed by atoms with van der Waals surface area (Å²) >= 11 is 0. The SMILES string of the molecule is O=C(CN1C(=O)CN(c2ccccc2)C1=O)c1ccccc1. The summed E-state index contributed by atoms with van der Waals surface area (Å²) in [5.74, 6) is -0.615. The second kappa shape index (κ2) is 5.81. The van der Waals surface area contributed by atoms with E-state index < -0.39 is 6.03 Å². The summed E-state index contributed by atoms with van der Waals surface area (Å²) in [4.78, 5) is 39.0. The van der Waals surface area contributed by atoms with Gasteiger partial charge in [-0.05, 0) is 12.1 Å². The maximum atomic E-state index is 12.4. The number of hydrogen-bond donors (Lipinski definition) is 0. The first-order chi connectivity index (χ1) is 10.7. The summed E-state index contributed by atoms with van der Waals surface area (Å²) < 4.78 is 0. The minimum Gasteiger partial charge on any atom is -0.292 e. The van der Waals surface area contributed by atoms with Crippen LogP contribution in [0.1, 0.15) is 10.4 Å². The van der Waals surface area contributed by atoms with E-state index in [0.717, 1.165) is 4.90 Å². The molecule has 0 bridgehead atoms. The lowest BCUT2D eigenvalue weighted by atomic mass is 10.1. The molecule has 1 aliphatic heterocycles. The van der Waals surface area contributed by atoms with Crippen LogP contribution in [0.4, 0.5) is 10.5 Å². The molecular formula is C17H14N2O3. The van der Waals surface area contributed by atoms with Crippen LogP contribution < -0.4 is 4.90 Å². The second-order valence-electron chi connectivity index (χ2n) is 4.97. The van der Waals surface area contributed by atoms with Gasteiger partial charge in [0.1, 0.15) is 6.54 Å². The number of benzene rings is 2. The molecule has 5 heteroatoms. The highest BCUT2D eigenvalue weighted by Gasteiger charge is 2.37. The topological polar surface area (TPSA) is 57.7 Å². The Labute approximate surface area is 127 Å².